The SMILES string of the molecule is C=C/C=C(/C)OC.CC.CCCC.CCCC. The van der Waals surface area contributed by atoms with Crippen LogP contribution in [-0.2, 0) is 4.74 Å². The minimum absolute atomic E-state index is 0.884. The first-order valence-electron chi connectivity index (χ1n) is 6.97. The van der Waals surface area contributed by atoms with Crippen LogP contribution in [0.25, 0.3) is 0 Å². The van der Waals surface area contributed by atoms with Gasteiger partial charge in [-0.1, -0.05) is 79.9 Å². The number of hydrogen-bond acceptors (Lipinski definition) is 1. The van der Waals surface area contributed by atoms with E-state index in [1.54, 1.807) is 19.3 Å². The van der Waals surface area contributed by atoms with E-state index in [4.69, 9.17) is 4.74 Å². The van der Waals surface area contributed by atoms with Gasteiger partial charge in [0.1, 0.15) is 0 Å². The van der Waals surface area contributed by atoms with E-state index in [1.807, 2.05) is 20.8 Å². The molecule has 0 radical (unpaired) electrons. The second kappa shape index (κ2) is 36.2. The first kappa shape index (κ1) is 25.2. The molecule has 0 fully saturated rings. The van der Waals surface area contributed by atoms with Crippen molar-refractivity contribution in [3.63, 3.8) is 0 Å². The summed E-state index contributed by atoms with van der Waals surface area (Å²) < 4.78 is 4.78. The Morgan fingerprint density at radius 1 is 0.941 bits per heavy atom. The van der Waals surface area contributed by atoms with Gasteiger partial charge in [0.05, 0.1) is 12.9 Å². The molecular formula is C16H36O. The number of rotatable bonds is 4. The maximum absolute atomic E-state index is 4.78. The molecular weight excluding hydrogens is 208 g/mol. The zero-order chi connectivity index (χ0) is 14.5. The molecule has 0 aliphatic heterocycles. The van der Waals surface area contributed by atoms with E-state index in [1.165, 1.54) is 25.7 Å². The molecule has 0 aromatic heterocycles. The van der Waals surface area contributed by atoms with E-state index in [-0.39, 0.29) is 0 Å². The molecule has 0 spiro atoms. The van der Waals surface area contributed by atoms with Gasteiger partial charge in [0.2, 0.25) is 0 Å². The maximum Gasteiger partial charge on any atom is 0.0924 e. The first-order chi connectivity index (χ1) is 8.14. The molecule has 1 heteroatoms. The fourth-order valence-electron chi connectivity index (χ4n) is 0.234. The largest absolute Gasteiger partial charge is 0.501 e. The average Bonchev–Trinajstić information content (AvgIpc) is 2.41. The van der Waals surface area contributed by atoms with Crippen LogP contribution in [0.1, 0.15) is 74.1 Å². The monoisotopic (exact) mass is 244 g/mol. The Morgan fingerprint density at radius 2 is 1.24 bits per heavy atom. The van der Waals surface area contributed by atoms with Gasteiger partial charge in [0, 0.05) is 0 Å². The van der Waals surface area contributed by atoms with Crippen molar-refractivity contribution in [1.29, 1.82) is 0 Å². The normalized spacial score (nSPS) is 8.35. The highest BCUT2D eigenvalue weighted by atomic mass is 16.5. The first-order valence-corrected chi connectivity index (χ1v) is 6.97. The van der Waals surface area contributed by atoms with Gasteiger partial charge in [-0.25, -0.2) is 0 Å². The van der Waals surface area contributed by atoms with Gasteiger partial charge in [-0.05, 0) is 13.0 Å². The molecule has 0 rings (SSSR count). The van der Waals surface area contributed by atoms with Crippen molar-refractivity contribution in [1.82, 2.24) is 0 Å². The number of ether oxygens (including phenoxy) is 1. The fourth-order valence-corrected chi connectivity index (χ4v) is 0.234. The molecule has 106 valence electrons. The van der Waals surface area contributed by atoms with Crippen molar-refractivity contribution in [2.24, 2.45) is 0 Å². The summed E-state index contributed by atoms with van der Waals surface area (Å²) in [6, 6.07) is 0. The zero-order valence-electron chi connectivity index (χ0n) is 13.6. The standard InChI is InChI=1S/C6H10O.2C4H10.C2H6/c1-4-5-6(2)7-3;2*1-3-4-2;1-2/h4-5H,1H2,2-3H3;2*3-4H2,1-2H3;1-2H3/b6-5-;;;. The van der Waals surface area contributed by atoms with Crippen LogP contribution in [0.5, 0.6) is 0 Å². The van der Waals surface area contributed by atoms with Gasteiger partial charge >= 0.3 is 0 Å². The van der Waals surface area contributed by atoms with Crippen molar-refractivity contribution in [3.8, 4) is 0 Å². The summed E-state index contributed by atoms with van der Waals surface area (Å²) in [6.45, 7) is 18.1. The van der Waals surface area contributed by atoms with Crippen LogP contribution in [0, 0.1) is 0 Å². The summed E-state index contributed by atoms with van der Waals surface area (Å²) in [7, 11) is 1.63. The van der Waals surface area contributed by atoms with Crippen LogP contribution in [0.15, 0.2) is 24.5 Å². The summed E-state index contributed by atoms with van der Waals surface area (Å²) in [6.07, 6.45) is 8.78. The Morgan fingerprint density at radius 3 is 1.29 bits per heavy atom. The number of allylic oxidation sites excluding steroid dienone is 3. The zero-order valence-corrected chi connectivity index (χ0v) is 13.6. The van der Waals surface area contributed by atoms with E-state index in [0.717, 1.165) is 5.76 Å². The lowest BCUT2D eigenvalue weighted by Gasteiger charge is -1.92. The van der Waals surface area contributed by atoms with Crippen molar-refractivity contribution in [3.05, 3.63) is 24.5 Å². The minimum atomic E-state index is 0.884. The average molecular weight is 244 g/mol. The molecule has 0 aliphatic rings. The molecule has 0 amide bonds. The Balaban J connectivity index is -0.0000000733. The van der Waals surface area contributed by atoms with Crippen molar-refractivity contribution < 1.29 is 4.74 Å². The second-order valence-corrected chi connectivity index (χ2v) is 3.22. The van der Waals surface area contributed by atoms with Crippen LogP contribution in [0.3, 0.4) is 0 Å². The minimum Gasteiger partial charge on any atom is -0.501 e. The number of methoxy groups -OCH3 is 1. The van der Waals surface area contributed by atoms with Crippen LogP contribution in [-0.4, -0.2) is 7.11 Å². The molecule has 0 atom stereocenters. The topological polar surface area (TPSA) is 9.23 Å². The van der Waals surface area contributed by atoms with Crippen molar-refractivity contribution >= 4 is 0 Å². The van der Waals surface area contributed by atoms with Crippen LogP contribution >= 0.6 is 0 Å². The summed E-state index contributed by atoms with van der Waals surface area (Å²) in [5, 5.41) is 0. The van der Waals surface area contributed by atoms with Crippen molar-refractivity contribution in [2.75, 3.05) is 7.11 Å². The third-order valence-corrected chi connectivity index (χ3v) is 1.67. The molecule has 0 unspecified atom stereocenters. The molecule has 17 heavy (non-hydrogen) atoms. The molecule has 0 bridgehead atoms. The van der Waals surface area contributed by atoms with E-state index in [0.29, 0.717) is 0 Å². The summed E-state index contributed by atoms with van der Waals surface area (Å²) >= 11 is 0. The van der Waals surface area contributed by atoms with Crippen molar-refractivity contribution in [2.45, 2.75) is 74.1 Å². The summed E-state index contributed by atoms with van der Waals surface area (Å²) in [5.41, 5.74) is 0. The Hall–Kier alpha value is -0.720. The van der Waals surface area contributed by atoms with E-state index in [2.05, 4.69) is 34.3 Å². The number of hydrogen-bond donors (Lipinski definition) is 0. The third-order valence-electron chi connectivity index (χ3n) is 1.67. The summed E-state index contributed by atoms with van der Waals surface area (Å²) in [5.74, 6) is 0.884. The highest BCUT2D eigenvalue weighted by molar-refractivity contribution is 5.01. The lowest BCUT2D eigenvalue weighted by molar-refractivity contribution is 0.294. The van der Waals surface area contributed by atoms with Gasteiger partial charge in [0.25, 0.3) is 0 Å². The fraction of sp³-hybridized carbons (Fsp3) is 0.750. The molecule has 0 saturated heterocycles. The predicted molar refractivity (Wildman–Crippen MR) is 83.5 cm³/mol. The Kier molecular flexibility index (Phi) is 53.6. The molecule has 1 nitrogen and oxygen atoms in total. The predicted octanol–water partition coefficient (Wildman–Crippen LogP) is 6.36. The third kappa shape index (κ3) is 68.3. The quantitative estimate of drug-likeness (QED) is 0.413. The lowest BCUT2D eigenvalue weighted by atomic mass is 10.4. The Bertz CT molecular complexity index is 117. The Labute approximate surface area is 111 Å². The lowest BCUT2D eigenvalue weighted by Crippen LogP contribution is -1.74. The summed E-state index contributed by atoms with van der Waals surface area (Å²) in [4.78, 5) is 0. The van der Waals surface area contributed by atoms with Gasteiger partial charge in [0.15, 0.2) is 0 Å². The van der Waals surface area contributed by atoms with Crippen LogP contribution < -0.4 is 0 Å². The molecule has 0 heterocycles. The van der Waals surface area contributed by atoms with Gasteiger partial charge in [-0.15, -0.1) is 0 Å². The molecule has 0 saturated carbocycles. The molecule has 0 aromatic rings. The van der Waals surface area contributed by atoms with Gasteiger partial charge in [-0.3, -0.25) is 0 Å². The smallest absolute Gasteiger partial charge is 0.0924 e. The van der Waals surface area contributed by atoms with Crippen LogP contribution in [0.2, 0.25) is 0 Å². The van der Waals surface area contributed by atoms with E-state index < -0.39 is 0 Å². The van der Waals surface area contributed by atoms with Gasteiger partial charge in [-0.2, -0.15) is 0 Å². The van der Waals surface area contributed by atoms with E-state index >= 15 is 0 Å². The molecule has 0 N–H and O–H groups in total. The molecule has 0 aromatic carbocycles. The maximum atomic E-state index is 4.78. The van der Waals surface area contributed by atoms with E-state index in [9.17, 15) is 0 Å². The molecule has 0 aliphatic carbocycles. The van der Waals surface area contributed by atoms with Gasteiger partial charge < -0.3 is 4.74 Å². The highest BCUT2D eigenvalue weighted by Gasteiger charge is 1.74. The van der Waals surface area contributed by atoms with Crippen LogP contribution in [0.4, 0.5) is 0 Å². The highest BCUT2D eigenvalue weighted by Crippen LogP contribution is 1.89. The second-order valence-electron chi connectivity index (χ2n) is 3.22. The number of unbranched alkanes of at least 4 members (excludes halogenated alkanes) is 2.